The Morgan fingerprint density at radius 3 is 2.91 bits per heavy atom. The molecule has 0 bridgehead atoms. The number of aliphatic hydroxyl groups excluding tert-OH is 1. The number of carbonyl (C=O) groups is 1. The Hall–Kier alpha value is -0.630. The molecule has 1 unspecified atom stereocenters. The third-order valence-electron chi connectivity index (χ3n) is 2.53. The van der Waals surface area contributed by atoms with Crippen LogP contribution in [0, 0.1) is 5.41 Å². The van der Waals surface area contributed by atoms with Crippen LogP contribution < -0.4 is 0 Å². The van der Waals surface area contributed by atoms with Gasteiger partial charge in [-0.3, -0.25) is 4.79 Å². The first-order valence-corrected chi connectivity index (χ1v) is 3.94. The quantitative estimate of drug-likeness (QED) is 0.578. The van der Waals surface area contributed by atoms with Crippen LogP contribution in [0.3, 0.4) is 0 Å². The first-order valence-electron chi connectivity index (χ1n) is 3.94. The molecular formula is C9H14O2. The van der Waals surface area contributed by atoms with Crippen molar-refractivity contribution in [3.63, 3.8) is 0 Å². The summed E-state index contributed by atoms with van der Waals surface area (Å²) in [7, 11) is 0. The van der Waals surface area contributed by atoms with E-state index in [2.05, 4.69) is 6.58 Å². The van der Waals surface area contributed by atoms with Crippen LogP contribution in [-0.2, 0) is 4.79 Å². The van der Waals surface area contributed by atoms with Gasteiger partial charge in [-0.1, -0.05) is 13.0 Å². The summed E-state index contributed by atoms with van der Waals surface area (Å²) in [5.74, 6) is -0.0429. The molecule has 0 saturated heterocycles. The van der Waals surface area contributed by atoms with Gasteiger partial charge in [0.2, 0.25) is 0 Å². The van der Waals surface area contributed by atoms with Crippen LogP contribution in [0.1, 0.15) is 26.2 Å². The summed E-state index contributed by atoms with van der Waals surface area (Å²) in [6.45, 7) is 5.51. The summed E-state index contributed by atoms with van der Waals surface area (Å²) in [6, 6.07) is 0. The van der Waals surface area contributed by atoms with Gasteiger partial charge in [-0.15, -0.1) is 6.58 Å². The van der Waals surface area contributed by atoms with Gasteiger partial charge in [0, 0.05) is 11.8 Å². The Bertz CT molecular complexity index is 186. The van der Waals surface area contributed by atoms with E-state index < -0.39 is 6.10 Å². The van der Waals surface area contributed by atoms with Gasteiger partial charge in [0.15, 0.2) is 5.78 Å². The summed E-state index contributed by atoms with van der Waals surface area (Å²) in [5.41, 5.74) is -0.380. The highest BCUT2D eigenvalue weighted by molar-refractivity contribution is 5.84. The molecule has 1 aliphatic carbocycles. The molecule has 1 fully saturated rings. The van der Waals surface area contributed by atoms with Crippen molar-refractivity contribution in [1.82, 2.24) is 0 Å². The average molecular weight is 154 g/mol. The van der Waals surface area contributed by atoms with E-state index in [0.29, 0.717) is 6.42 Å². The lowest BCUT2D eigenvalue weighted by Crippen LogP contribution is -2.40. The zero-order chi connectivity index (χ0) is 8.48. The zero-order valence-corrected chi connectivity index (χ0v) is 6.84. The van der Waals surface area contributed by atoms with Gasteiger partial charge in [-0.05, 0) is 12.8 Å². The van der Waals surface area contributed by atoms with Crippen LogP contribution in [0.15, 0.2) is 12.7 Å². The van der Waals surface area contributed by atoms with Gasteiger partial charge in [0.1, 0.15) is 6.10 Å². The number of aliphatic hydroxyl groups is 1. The van der Waals surface area contributed by atoms with Gasteiger partial charge in [-0.25, -0.2) is 0 Å². The molecule has 2 heteroatoms. The van der Waals surface area contributed by atoms with Crippen LogP contribution in [-0.4, -0.2) is 17.0 Å². The third kappa shape index (κ3) is 1.36. The second-order valence-corrected chi connectivity index (χ2v) is 3.43. The molecule has 0 spiro atoms. The molecule has 0 radical (unpaired) electrons. The van der Waals surface area contributed by atoms with Crippen molar-refractivity contribution in [2.45, 2.75) is 32.3 Å². The fourth-order valence-electron chi connectivity index (χ4n) is 1.50. The van der Waals surface area contributed by atoms with Crippen LogP contribution in [0.2, 0.25) is 0 Å². The first kappa shape index (κ1) is 8.47. The van der Waals surface area contributed by atoms with Crippen molar-refractivity contribution in [2.24, 2.45) is 5.41 Å². The lowest BCUT2D eigenvalue weighted by atomic mass is 9.73. The number of hydrogen-bond donors (Lipinski definition) is 1. The number of hydrogen-bond acceptors (Lipinski definition) is 2. The van der Waals surface area contributed by atoms with Crippen molar-refractivity contribution < 1.29 is 9.90 Å². The second-order valence-electron chi connectivity index (χ2n) is 3.43. The van der Waals surface area contributed by atoms with E-state index in [-0.39, 0.29) is 11.2 Å². The zero-order valence-electron chi connectivity index (χ0n) is 6.84. The number of Topliss-reactive ketones (excluding diaryl/α,β-unsaturated/α-hetero) is 1. The van der Waals surface area contributed by atoms with Crippen molar-refractivity contribution in [2.75, 3.05) is 0 Å². The van der Waals surface area contributed by atoms with E-state index in [1.165, 1.54) is 0 Å². The van der Waals surface area contributed by atoms with Crippen LogP contribution in [0.4, 0.5) is 0 Å². The molecule has 0 amide bonds. The third-order valence-corrected chi connectivity index (χ3v) is 2.53. The highest BCUT2D eigenvalue weighted by atomic mass is 16.3. The maximum absolute atomic E-state index is 11.1. The van der Waals surface area contributed by atoms with Crippen molar-refractivity contribution in [3.05, 3.63) is 12.7 Å². The average Bonchev–Trinajstić information content (AvgIpc) is 2.00. The molecule has 0 aromatic rings. The monoisotopic (exact) mass is 154 g/mol. The van der Waals surface area contributed by atoms with Gasteiger partial charge in [0.25, 0.3) is 0 Å². The topological polar surface area (TPSA) is 37.3 Å². The van der Waals surface area contributed by atoms with Gasteiger partial charge < -0.3 is 5.11 Å². The summed E-state index contributed by atoms with van der Waals surface area (Å²) in [4.78, 5) is 11.1. The number of rotatable bonds is 1. The molecule has 1 rings (SSSR count). The number of ketones is 1. The van der Waals surface area contributed by atoms with Gasteiger partial charge in [-0.2, -0.15) is 0 Å². The largest absolute Gasteiger partial charge is 0.384 e. The summed E-state index contributed by atoms with van der Waals surface area (Å²) >= 11 is 0. The highest BCUT2D eigenvalue weighted by Gasteiger charge is 2.37. The molecule has 1 aliphatic rings. The Morgan fingerprint density at radius 2 is 2.45 bits per heavy atom. The lowest BCUT2D eigenvalue weighted by molar-refractivity contribution is -0.135. The minimum absolute atomic E-state index is 0.0429. The minimum Gasteiger partial charge on any atom is -0.384 e. The summed E-state index contributed by atoms with van der Waals surface area (Å²) < 4.78 is 0. The molecular weight excluding hydrogens is 140 g/mol. The molecule has 0 heterocycles. The Labute approximate surface area is 66.9 Å². The Kier molecular flexibility index (Phi) is 2.14. The maximum atomic E-state index is 11.1. The van der Waals surface area contributed by atoms with Crippen molar-refractivity contribution in [3.8, 4) is 0 Å². The van der Waals surface area contributed by atoms with Gasteiger partial charge in [0.05, 0.1) is 0 Å². The molecule has 0 aromatic heterocycles. The fourth-order valence-corrected chi connectivity index (χ4v) is 1.50. The van der Waals surface area contributed by atoms with Gasteiger partial charge >= 0.3 is 0 Å². The van der Waals surface area contributed by atoms with E-state index in [4.69, 9.17) is 0 Å². The summed E-state index contributed by atoms with van der Waals surface area (Å²) in [6.07, 6.45) is 3.12. The van der Waals surface area contributed by atoms with Crippen molar-refractivity contribution >= 4 is 5.78 Å². The smallest absolute Gasteiger partial charge is 0.162 e. The van der Waals surface area contributed by atoms with E-state index in [1.54, 1.807) is 6.08 Å². The second kappa shape index (κ2) is 2.78. The van der Waals surface area contributed by atoms with E-state index >= 15 is 0 Å². The van der Waals surface area contributed by atoms with E-state index in [0.717, 1.165) is 12.8 Å². The first-order chi connectivity index (χ1) is 5.10. The molecule has 0 aliphatic heterocycles. The van der Waals surface area contributed by atoms with Crippen LogP contribution in [0.25, 0.3) is 0 Å². The van der Waals surface area contributed by atoms with E-state index in [9.17, 15) is 9.90 Å². The van der Waals surface area contributed by atoms with Crippen LogP contribution >= 0.6 is 0 Å². The number of carbonyl (C=O) groups excluding carboxylic acids is 1. The Balaban J connectivity index is 2.80. The minimum atomic E-state index is -0.825. The molecule has 2 atom stereocenters. The Morgan fingerprint density at radius 1 is 1.82 bits per heavy atom. The van der Waals surface area contributed by atoms with E-state index in [1.807, 2.05) is 6.92 Å². The fraction of sp³-hybridized carbons (Fsp3) is 0.667. The molecule has 11 heavy (non-hydrogen) atoms. The molecule has 1 N–H and O–H groups in total. The standard InChI is InChI=1S/C9H14O2/c1-3-9(2)6-4-5-7(10)8(9)11/h3,8,11H,1,4-6H2,2H3/t8?,9-/m0/s1. The summed E-state index contributed by atoms with van der Waals surface area (Å²) in [5, 5.41) is 9.48. The normalized spacial score (nSPS) is 38.7. The lowest BCUT2D eigenvalue weighted by Gasteiger charge is -2.34. The molecule has 1 saturated carbocycles. The molecule has 62 valence electrons. The maximum Gasteiger partial charge on any atom is 0.162 e. The highest BCUT2D eigenvalue weighted by Crippen LogP contribution is 2.34. The predicted molar refractivity (Wildman–Crippen MR) is 43.2 cm³/mol. The van der Waals surface area contributed by atoms with Crippen molar-refractivity contribution in [1.29, 1.82) is 0 Å². The predicted octanol–water partition coefficient (Wildman–Crippen LogP) is 1.29. The van der Waals surface area contributed by atoms with Crippen LogP contribution in [0.5, 0.6) is 0 Å². The SMILES string of the molecule is C=C[C@@]1(C)CCCC(=O)C1O. The molecule has 0 aromatic carbocycles. The molecule has 2 nitrogen and oxygen atoms in total.